The van der Waals surface area contributed by atoms with Gasteiger partial charge in [0.1, 0.15) is 0 Å². The summed E-state index contributed by atoms with van der Waals surface area (Å²) in [5.41, 5.74) is 0. The van der Waals surface area contributed by atoms with E-state index >= 15 is 0 Å². The fourth-order valence-corrected chi connectivity index (χ4v) is 2.83. The largest absolute Gasteiger partial charge is 0.381 e. The van der Waals surface area contributed by atoms with E-state index in [0.717, 1.165) is 39.0 Å². The normalized spacial score (nSPS) is 28.6. The highest BCUT2D eigenvalue weighted by Gasteiger charge is 2.30. The molecule has 0 aromatic rings. The second kappa shape index (κ2) is 7.31. The minimum Gasteiger partial charge on any atom is -0.381 e. The Kier molecular flexibility index (Phi) is 5.73. The number of rotatable bonds is 5. The minimum absolute atomic E-state index is 0.225. The van der Waals surface area contributed by atoms with Crippen LogP contribution in [0.5, 0.6) is 0 Å². The van der Waals surface area contributed by atoms with Gasteiger partial charge in [-0.2, -0.15) is 0 Å². The summed E-state index contributed by atoms with van der Waals surface area (Å²) >= 11 is 5.65. The molecule has 2 fully saturated rings. The maximum atomic E-state index is 12.1. The molecule has 2 aliphatic heterocycles. The van der Waals surface area contributed by atoms with Crippen LogP contribution in [0.3, 0.4) is 0 Å². The van der Waals surface area contributed by atoms with Crippen LogP contribution in [0, 0.1) is 5.92 Å². The number of hydrogen-bond donors (Lipinski definition) is 0. The van der Waals surface area contributed by atoms with E-state index in [9.17, 15) is 4.79 Å². The number of hydrogen-bond acceptors (Lipinski definition) is 3. The van der Waals surface area contributed by atoms with Crippen molar-refractivity contribution in [3.63, 3.8) is 0 Å². The molecule has 2 rings (SSSR count). The first-order valence-electron chi connectivity index (χ1n) is 6.82. The number of ether oxygens (including phenoxy) is 2. The van der Waals surface area contributed by atoms with Crippen molar-refractivity contribution in [1.82, 2.24) is 4.90 Å². The van der Waals surface area contributed by atoms with E-state index in [1.165, 1.54) is 0 Å². The first-order valence-corrected chi connectivity index (χ1v) is 7.35. The van der Waals surface area contributed by atoms with Crippen molar-refractivity contribution in [2.75, 3.05) is 38.9 Å². The lowest BCUT2D eigenvalue weighted by atomic mass is 9.97. The van der Waals surface area contributed by atoms with E-state index in [1.807, 2.05) is 4.90 Å². The quantitative estimate of drug-likeness (QED) is 0.717. The molecular formula is C13H22ClNO3. The monoisotopic (exact) mass is 275 g/mol. The molecule has 18 heavy (non-hydrogen) atoms. The molecule has 104 valence electrons. The molecule has 2 atom stereocenters. The van der Waals surface area contributed by atoms with Crippen LogP contribution in [0.2, 0.25) is 0 Å². The molecule has 0 aromatic heterocycles. The van der Waals surface area contributed by atoms with Crippen molar-refractivity contribution in [2.24, 2.45) is 5.92 Å². The fraction of sp³-hybridized carbons (Fsp3) is 0.923. The predicted octanol–water partition coefficient (Wildman–Crippen LogP) is 1.66. The third-order valence-electron chi connectivity index (χ3n) is 3.70. The number of nitrogens with zero attached hydrogens (tertiary/aromatic N) is 1. The fourth-order valence-electron chi connectivity index (χ4n) is 2.69. The van der Waals surface area contributed by atoms with Crippen LogP contribution in [0.15, 0.2) is 0 Å². The summed E-state index contributed by atoms with van der Waals surface area (Å²) < 4.78 is 10.9. The van der Waals surface area contributed by atoms with E-state index in [-0.39, 0.29) is 11.9 Å². The van der Waals surface area contributed by atoms with Gasteiger partial charge in [-0.25, -0.2) is 0 Å². The lowest BCUT2D eigenvalue weighted by Crippen LogP contribution is -2.49. The summed E-state index contributed by atoms with van der Waals surface area (Å²) in [6.07, 6.45) is 3.44. The standard InChI is InChI=1S/C13H22ClNO3/c14-4-1-2-13(16)15-5-7-18-10-12(15)8-11-3-6-17-9-11/h11-12H,1-10H2. The average molecular weight is 276 g/mol. The van der Waals surface area contributed by atoms with Crippen LogP contribution in [-0.4, -0.2) is 55.7 Å². The molecule has 2 saturated heterocycles. The molecule has 0 aromatic carbocycles. The first kappa shape index (κ1) is 14.1. The van der Waals surface area contributed by atoms with Gasteiger partial charge >= 0.3 is 0 Å². The van der Waals surface area contributed by atoms with Gasteiger partial charge in [-0.05, 0) is 25.2 Å². The van der Waals surface area contributed by atoms with Crippen molar-refractivity contribution in [3.05, 3.63) is 0 Å². The zero-order chi connectivity index (χ0) is 12.8. The molecule has 2 aliphatic rings. The molecule has 2 heterocycles. The number of carbonyl (C=O) groups is 1. The number of morpholine rings is 1. The molecule has 5 heteroatoms. The van der Waals surface area contributed by atoms with Crippen molar-refractivity contribution in [1.29, 1.82) is 0 Å². The lowest BCUT2D eigenvalue weighted by Gasteiger charge is -2.37. The zero-order valence-electron chi connectivity index (χ0n) is 10.8. The summed E-state index contributed by atoms with van der Waals surface area (Å²) in [7, 11) is 0. The van der Waals surface area contributed by atoms with Gasteiger partial charge in [-0.3, -0.25) is 4.79 Å². The highest BCUT2D eigenvalue weighted by atomic mass is 35.5. The van der Waals surface area contributed by atoms with Gasteiger partial charge in [0.2, 0.25) is 5.91 Å². The summed E-state index contributed by atoms with van der Waals surface area (Å²) in [5.74, 6) is 1.36. The Morgan fingerprint density at radius 3 is 2.83 bits per heavy atom. The number of halogens is 1. The molecule has 0 N–H and O–H groups in total. The van der Waals surface area contributed by atoms with Crippen LogP contribution in [0.4, 0.5) is 0 Å². The van der Waals surface area contributed by atoms with Gasteiger partial charge in [0, 0.05) is 32.1 Å². The van der Waals surface area contributed by atoms with Crippen molar-refractivity contribution >= 4 is 17.5 Å². The van der Waals surface area contributed by atoms with E-state index in [0.29, 0.717) is 31.4 Å². The van der Waals surface area contributed by atoms with E-state index in [2.05, 4.69) is 0 Å². The van der Waals surface area contributed by atoms with Crippen LogP contribution in [-0.2, 0) is 14.3 Å². The third-order valence-corrected chi connectivity index (χ3v) is 3.97. The van der Waals surface area contributed by atoms with Gasteiger partial charge in [0.15, 0.2) is 0 Å². The SMILES string of the molecule is O=C(CCCCl)N1CCOCC1CC1CCOC1. The molecule has 1 amide bonds. The molecular weight excluding hydrogens is 254 g/mol. The highest BCUT2D eigenvalue weighted by Crippen LogP contribution is 2.23. The van der Waals surface area contributed by atoms with Crippen molar-refractivity contribution < 1.29 is 14.3 Å². The molecule has 4 nitrogen and oxygen atoms in total. The third kappa shape index (κ3) is 3.84. The maximum absolute atomic E-state index is 12.1. The van der Waals surface area contributed by atoms with Crippen molar-refractivity contribution in [3.8, 4) is 0 Å². The lowest BCUT2D eigenvalue weighted by molar-refractivity contribution is -0.140. The smallest absolute Gasteiger partial charge is 0.223 e. The first-order chi connectivity index (χ1) is 8.81. The second-order valence-electron chi connectivity index (χ2n) is 5.07. The molecule has 0 saturated carbocycles. The summed E-state index contributed by atoms with van der Waals surface area (Å²) in [4.78, 5) is 14.1. The van der Waals surface area contributed by atoms with E-state index in [1.54, 1.807) is 0 Å². The Bertz CT molecular complexity index is 269. The number of carbonyl (C=O) groups excluding carboxylic acids is 1. The van der Waals surface area contributed by atoms with Crippen LogP contribution >= 0.6 is 11.6 Å². The average Bonchev–Trinajstić information content (AvgIpc) is 2.89. The minimum atomic E-state index is 0.225. The summed E-state index contributed by atoms with van der Waals surface area (Å²) in [5, 5.41) is 0. The van der Waals surface area contributed by atoms with Gasteiger partial charge in [-0.15, -0.1) is 11.6 Å². The van der Waals surface area contributed by atoms with Crippen LogP contribution in [0.25, 0.3) is 0 Å². The zero-order valence-corrected chi connectivity index (χ0v) is 11.5. The Balaban J connectivity index is 1.85. The van der Waals surface area contributed by atoms with E-state index < -0.39 is 0 Å². The molecule has 0 radical (unpaired) electrons. The van der Waals surface area contributed by atoms with Gasteiger partial charge < -0.3 is 14.4 Å². The summed E-state index contributed by atoms with van der Waals surface area (Å²) in [6.45, 7) is 3.74. The van der Waals surface area contributed by atoms with Gasteiger partial charge in [-0.1, -0.05) is 0 Å². The highest BCUT2D eigenvalue weighted by molar-refractivity contribution is 6.17. The predicted molar refractivity (Wildman–Crippen MR) is 69.8 cm³/mol. The Morgan fingerprint density at radius 1 is 1.28 bits per heavy atom. The van der Waals surface area contributed by atoms with Crippen LogP contribution in [0.1, 0.15) is 25.7 Å². The van der Waals surface area contributed by atoms with Gasteiger partial charge in [0.25, 0.3) is 0 Å². The van der Waals surface area contributed by atoms with Crippen LogP contribution < -0.4 is 0 Å². The van der Waals surface area contributed by atoms with Gasteiger partial charge in [0.05, 0.1) is 19.3 Å². The molecule has 0 spiro atoms. The van der Waals surface area contributed by atoms with E-state index in [4.69, 9.17) is 21.1 Å². The molecule has 0 bridgehead atoms. The second-order valence-corrected chi connectivity index (χ2v) is 5.45. The topological polar surface area (TPSA) is 38.8 Å². The molecule has 0 aliphatic carbocycles. The Hall–Kier alpha value is -0.320. The molecule has 2 unspecified atom stereocenters. The summed E-state index contributed by atoms with van der Waals surface area (Å²) in [6, 6.07) is 0.230. The van der Waals surface area contributed by atoms with Crippen molar-refractivity contribution in [2.45, 2.75) is 31.7 Å². The Morgan fingerprint density at radius 2 is 2.11 bits per heavy atom. The maximum Gasteiger partial charge on any atom is 0.223 e. The number of amides is 1. The Labute approximate surface area is 114 Å². The number of alkyl halides is 1.